The molecule has 1 amide bonds. The molecule has 0 radical (unpaired) electrons. The number of nitrogens with one attached hydrogen (secondary N) is 1. The summed E-state index contributed by atoms with van der Waals surface area (Å²) in [6, 6.07) is 6.79. The van der Waals surface area contributed by atoms with Crippen molar-refractivity contribution in [3.8, 4) is 0 Å². The third kappa shape index (κ3) is 2.60. The first kappa shape index (κ1) is 16.1. The summed E-state index contributed by atoms with van der Waals surface area (Å²) in [6.45, 7) is 3.83. The lowest BCUT2D eigenvalue weighted by atomic mass is 9.94. The molecule has 25 heavy (non-hydrogen) atoms. The minimum atomic E-state index is -0.930. The first-order chi connectivity index (χ1) is 12.0. The fourth-order valence-electron chi connectivity index (χ4n) is 3.98. The molecular formula is C19H24N4O2. The third-order valence-electron chi connectivity index (χ3n) is 5.47. The molecule has 2 aromatic rings. The Morgan fingerprint density at radius 3 is 2.84 bits per heavy atom. The van der Waals surface area contributed by atoms with Gasteiger partial charge in [-0.1, -0.05) is 30.1 Å². The van der Waals surface area contributed by atoms with Gasteiger partial charge in [0.1, 0.15) is 0 Å². The topological polar surface area (TPSA) is 68.5 Å². The second-order valence-electron chi connectivity index (χ2n) is 7.32. The van der Waals surface area contributed by atoms with E-state index in [-0.39, 0.29) is 5.91 Å². The number of hydrogen-bond acceptors (Lipinski definition) is 4. The molecule has 0 bridgehead atoms. The molecule has 1 aliphatic carbocycles. The van der Waals surface area contributed by atoms with Crippen molar-refractivity contribution in [2.75, 3.05) is 7.05 Å². The van der Waals surface area contributed by atoms with Gasteiger partial charge in [-0.15, -0.1) is 0 Å². The van der Waals surface area contributed by atoms with Crippen molar-refractivity contribution in [1.82, 2.24) is 15.1 Å². The van der Waals surface area contributed by atoms with E-state index in [1.54, 1.807) is 14.0 Å². The Bertz CT molecular complexity index is 864. The number of oxime groups is 1. The number of aromatic nitrogens is 2. The summed E-state index contributed by atoms with van der Waals surface area (Å²) in [7, 11) is 1.62. The van der Waals surface area contributed by atoms with Crippen LogP contribution in [0.5, 0.6) is 0 Å². The Morgan fingerprint density at radius 2 is 2.12 bits per heavy atom. The van der Waals surface area contributed by atoms with E-state index < -0.39 is 5.60 Å². The number of hydrogen-bond donors (Lipinski definition) is 1. The molecule has 1 aromatic heterocycles. The molecule has 4 rings (SSSR count). The van der Waals surface area contributed by atoms with Crippen LogP contribution >= 0.6 is 0 Å². The van der Waals surface area contributed by atoms with Crippen LogP contribution in [0.3, 0.4) is 0 Å². The van der Waals surface area contributed by atoms with Crippen molar-refractivity contribution in [3.63, 3.8) is 0 Å². The van der Waals surface area contributed by atoms with E-state index in [0.29, 0.717) is 12.5 Å². The zero-order valence-electron chi connectivity index (χ0n) is 15.0. The molecule has 0 spiro atoms. The van der Waals surface area contributed by atoms with E-state index in [0.717, 1.165) is 22.5 Å². The first-order valence-electron chi connectivity index (χ1n) is 8.98. The van der Waals surface area contributed by atoms with Crippen LogP contribution in [-0.4, -0.2) is 34.0 Å². The van der Waals surface area contributed by atoms with Gasteiger partial charge >= 0.3 is 0 Å². The molecule has 2 heterocycles. The average molecular weight is 340 g/mol. The van der Waals surface area contributed by atoms with E-state index in [9.17, 15) is 4.79 Å². The van der Waals surface area contributed by atoms with Crippen LogP contribution in [-0.2, 0) is 9.63 Å². The second-order valence-corrected chi connectivity index (χ2v) is 7.32. The summed E-state index contributed by atoms with van der Waals surface area (Å²) in [5.41, 5.74) is 3.09. The van der Waals surface area contributed by atoms with E-state index in [2.05, 4.69) is 34.2 Å². The average Bonchev–Trinajstić information content (AvgIpc) is 3.34. The van der Waals surface area contributed by atoms with E-state index in [1.165, 1.54) is 31.1 Å². The van der Waals surface area contributed by atoms with Crippen LogP contribution in [0.4, 0.5) is 0 Å². The summed E-state index contributed by atoms with van der Waals surface area (Å²) in [6.07, 6.45) is 5.40. The minimum Gasteiger partial charge on any atom is -0.379 e. The molecule has 6 heteroatoms. The van der Waals surface area contributed by atoms with Crippen molar-refractivity contribution in [2.24, 2.45) is 5.16 Å². The van der Waals surface area contributed by atoms with Gasteiger partial charge in [0.05, 0.1) is 23.0 Å². The van der Waals surface area contributed by atoms with Crippen LogP contribution in [0.1, 0.15) is 56.3 Å². The van der Waals surface area contributed by atoms with Gasteiger partial charge in [-0.25, -0.2) is 0 Å². The maximum Gasteiger partial charge on any atom is 0.266 e. The summed E-state index contributed by atoms with van der Waals surface area (Å²) >= 11 is 0. The molecular weight excluding hydrogens is 316 g/mol. The quantitative estimate of drug-likeness (QED) is 0.933. The Labute approximate surface area is 147 Å². The van der Waals surface area contributed by atoms with Gasteiger partial charge in [0.2, 0.25) is 5.60 Å². The smallest absolute Gasteiger partial charge is 0.266 e. The molecule has 1 aliphatic heterocycles. The fourth-order valence-corrected chi connectivity index (χ4v) is 3.98. The van der Waals surface area contributed by atoms with Crippen LogP contribution in [0, 0.1) is 6.92 Å². The van der Waals surface area contributed by atoms with Crippen molar-refractivity contribution < 1.29 is 9.63 Å². The van der Waals surface area contributed by atoms with Gasteiger partial charge < -0.3 is 10.2 Å². The van der Waals surface area contributed by atoms with Crippen LogP contribution < -0.4 is 5.32 Å². The van der Waals surface area contributed by atoms with Crippen molar-refractivity contribution in [2.45, 2.75) is 57.6 Å². The van der Waals surface area contributed by atoms with Crippen LogP contribution in [0.25, 0.3) is 10.9 Å². The molecule has 1 fully saturated rings. The standard InChI is InChI=1S/C19H24N4O2/c1-12-15-9-8-13(16-11-19(2,25-22-16)18(24)20-3)10-17(15)23(21-12)14-6-4-5-7-14/h8-10,14H,4-7,11H2,1-3H3,(H,20,24). The highest BCUT2D eigenvalue weighted by molar-refractivity contribution is 6.07. The summed E-state index contributed by atoms with van der Waals surface area (Å²) in [4.78, 5) is 17.5. The summed E-state index contributed by atoms with van der Waals surface area (Å²) in [5, 5.41) is 12.8. The molecule has 1 aromatic carbocycles. The molecule has 1 unspecified atom stereocenters. The summed E-state index contributed by atoms with van der Waals surface area (Å²) in [5.74, 6) is -0.154. The van der Waals surface area contributed by atoms with E-state index in [1.807, 2.05) is 6.07 Å². The Kier molecular flexibility index (Phi) is 3.78. The lowest BCUT2D eigenvalue weighted by molar-refractivity contribution is -0.141. The number of rotatable bonds is 3. The van der Waals surface area contributed by atoms with Crippen LogP contribution in [0.2, 0.25) is 0 Å². The number of benzene rings is 1. The largest absolute Gasteiger partial charge is 0.379 e. The van der Waals surface area contributed by atoms with Crippen LogP contribution in [0.15, 0.2) is 23.4 Å². The minimum absolute atomic E-state index is 0.154. The number of nitrogens with zero attached hydrogens (tertiary/aromatic N) is 3. The number of likely N-dealkylation sites (N-methyl/N-ethyl adjacent to an activating group) is 1. The van der Waals surface area contributed by atoms with Gasteiger partial charge in [-0.3, -0.25) is 9.48 Å². The Balaban J connectivity index is 1.70. The normalized spacial score (nSPS) is 23.7. The molecule has 1 saturated carbocycles. The predicted molar refractivity (Wildman–Crippen MR) is 96.7 cm³/mol. The maximum atomic E-state index is 12.0. The zero-order valence-corrected chi connectivity index (χ0v) is 15.0. The maximum absolute atomic E-state index is 12.0. The third-order valence-corrected chi connectivity index (χ3v) is 5.47. The molecule has 6 nitrogen and oxygen atoms in total. The molecule has 1 atom stereocenters. The van der Waals surface area contributed by atoms with Crippen molar-refractivity contribution in [1.29, 1.82) is 0 Å². The number of carbonyl (C=O) groups is 1. The highest BCUT2D eigenvalue weighted by atomic mass is 16.7. The highest BCUT2D eigenvalue weighted by Crippen LogP contribution is 2.34. The zero-order chi connectivity index (χ0) is 17.6. The van der Waals surface area contributed by atoms with E-state index in [4.69, 9.17) is 9.94 Å². The van der Waals surface area contributed by atoms with Gasteiger partial charge in [-0.2, -0.15) is 5.10 Å². The number of fused-ring (bicyclic) bond motifs is 1. The Morgan fingerprint density at radius 1 is 1.36 bits per heavy atom. The summed E-state index contributed by atoms with van der Waals surface area (Å²) < 4.78 is 2.19. The lowest BCUT2D eigenvalue weighted by Gasteiger charge is -2.18. The van der Waals surface area contributed by atoms with Crippen molar-refractivity contribution >= 4 is 22.5 Å². The Hall–Kier alpha value is -2.37. The number of aryl methyl sites for hydroxylation is 1. The van der Waals surface area contributed by atoms with Gasteiger partial charge in [-0.05, 0) is 32.8 Å². The van der Waals surface area contributed by atoms with Gasteiger partial charge in [0.25, 0.3) is 5.91 Å². The highest BCUT2D eigenvalue weighted by Gasteiger charge is 2.41. The van der Waals surface area contributed by atoms with Gasteiger partial charge in [0, 0.05) is 24.4 Å². The SMILES string of the molecule is CNC(=O)C1(C)CC(c2ccc3c(C)nn(C4CCCC4)c3c2)=NO1. The van der Waals surface area contributed by atoms with E-state index >= 15 is 0 Å². The first-order valence-corrected chi connectivity index (χ1v) is 8.98. The number of amides is 1. The monoisotopic (exact) mass is 340 g/mol. The molecule has 132 valence electrons. The van der Waals surface area contributed by atoms with Crippen molar-refractivity contribution in [3.05, 3.63) is 29.5 Å². The predicted octanol–water partition coefficient (Wildman–Crippen LogP) is 3.09. The fraction of sp³-hybridized carbons (Fsp3) is 0.526. The number of carbonyl (C=O) groups excluding carboxylic acids is 1. The lowest BCUT2D eigenvalue weighted by Crippen LogP contribution is -2.43. The molecule has 2 aliphatic rings. The van der Waals surface area contributed by atoms with Gasteiger partial charge in [0.15, 0.2) is 0 Å². The second kappa shape index (κ2) is 5.86. The molecule has 0 saturated heterocycles. The molecule has 1 N–H and O–H groups in total.